The molecule has 0 aliphatic heterocycles. The van der Waals surface area contributed by atoms with E-state index in [-0.39, 0.29) is 6.61 Å². The number of ether oxygens (including phenoxy) is 1. The number of hydrogen-bond donors (Lipinski definition) is 1. The van der Waals surface area contributed by atoms with Crippen molar-refractivity contribution in [1.29, 1.82) is 0 Å². The number of hydrogen-bond acceptors (Lipinski definition) is 3. The van der Waals surface area contributed by atoms with Crippen molar-refractivity contribution in [2.24, 2.45) is 0 Å². The van der Waals surface area contributed by atoms with Crippen molar-refractivity contribution in [2.75, 3.05) is 5.73 Å². The second-order valence-corrected chi connectivity index (χ2v) is 5.17. The van der Waals surface area contributed by atoms with Gasteiger partial charge in [0.1, 0.15) is 18.2 Å². The second-order valence-electron chi connectivity index (χ2n) is 4.32. The molecule has 3 nitrogen and oxygen atoms in total. The molecule has 0 aliphatic rings. The van der Waals surface area contributed by atoms with Crippen LogP contribution in [-0.2, 0) is 6.61 Å². The third-order valence-electron chi connectivity index (χ3n) is 2.72. The maximum Gasteiger partial charge on any atom is 0.132 e. The first-order valence-corrected chi connectivity index (χ1v) is 6.53. The van der Waals surface area contributed by atoms with Gasteiger partial charge in [0.25, 0.3) is 0 Å². The highest BCUT2D eigenvalue weighted by Crippen LogP contribution is 2.28. The lowest BCUT2D eigenvalue weighted by atomic mass is 10.1. The zero-order valence-electron chi connectivity index (χ0n) is 10.7. The van der Waals surface area contributed by atoms with Gasteiger partial charge in [-0.15, -0.1) is 0 Å². The average Bonchev–Trinajstić information content (AvgIpc) is 2.32. The quantitative estimate of drug-likeness (QED) is 0.925. The molecule has 1 heterocycles. The minimum Gasteiger partial charge on any atom is -0.487 e. The number of benzene rings is 1. The molecule has 0 spiro atoms. The van der Waals surface area contributed by atoms with Crippen LogP contribution in [0.4, 0.5) is 5.82 Å². The largest absolute Gasteiger partial charge is 0.487 e. The zero-order chi connectivity index (χ0) is 14.0. The van der Waals surface area contributed by atoms with Crippen LogP contribution in [0.15, 0.2) is 24.3 Å². The number of anilines is 1. The standard InChI is InChI=1S/C14H14Cl2N2O/c1-8-5-10(15)6-9(2)14(8)19-7-12-11(16)3-4-13(17)18-12/h3-6H,7H2,1-2H3,(H2,17,18). The fourth-order valence-electron chi connectivity index (χ4n) is 1.87. The molecule has 0 aliphatic carbocycles. The van der Waals surface area contributed by atoms with E-state index >= 15 is 0 Å². The summed E-state index contributed by atoms with van der Waals surface area (Å²) in [4.78, 5) is 4.16. The molecule has 0 radical (unpaired) electrons. The minimum absolute atomic E-state index is 0.271. The summed E-state index contributed by atoms with van der Waals surface area (Å²) < 4.78 is 5.78. The molecule has 2 rings (SSSR count). The fraction of sp³-hybridized carbons (Fsp3) is 0.214. The van der Waals surface area contributed by atoms with E-state index in [1.165, 1.54) is 0 Å². The molecule has 5 heteroatoms. The van der Waals surface area contributed by atoms with Gasteiger partial charge < -0.3 is 10.5 Å². The van der Waals surface area contributed by atoms with Crippen molar-refractivity contribution in [2.45, 2.75) is 20.5 Å². The summed E-state index contributed by atoms with van der Waals surface area (Å²) in [5.41, 5.74) is 8.21. The summed E-state index contributed by atoms with van der Waals surface area (Å²) in [6.07, 6.45) is 0. The van der Waals surface area contributed by atoms with E-state index in [1.807, 2.05) is 26.0 Å². The Labute approximate surface area is 122 Å². The minimum atomic E-state index is 0.271. The van der Waals surface area contributed by atoms with Crippen LogP contribution in [0.1, 0.15) is 16.8 Å². The number of halogens is 2. The van der Waals surface area contributed by atoms with Crippen molar-refractivity contribution < 1.29 is 4.74 Å². The molecule has 1 aromatic carbocycles. The highest BCUT2D eigenvalue weighted by Gasteiger charge is 2.09. The van der Waals surface area contributed by atoms with E-state index < -0.39 is 0 Å². The highest BCUT2D eigenvalue weighted by molar-refractivity contribution is 6.31. The Bertz CT molecular complexity index is 591. The van der Waals surface area contributed by atoms with Crippen LogP contribution >= 0.6 is 23.2 Å². The summed E-state index contributed by atoms with van der Waals surface area (Å²) >= 11 is 12.0. The molecule has 2 N–H and O–H groups in total. The molecule has 0 amide bonds. The second kappa shape index (κ2) is 5.68. The van der Waals surface area contributed by atoms with Crippen molar-refractivity contribution in [3.8, 4) is 5.75 Å². The number of nitrogen functional groups attached to an aromatic ring is 1. The molecule has 19 heavy (non-hydrogen) atoms. The summed E-state index contributed by atoms with van der Waals surface area (Å²) in [7, 11) is 0. The van der Waals surface area contributed by atoms with Crippen LogP contribution in [0.5, 0.6) is 5.75 Å². The predicted molar refractivity (Wildman–Crippen MR) is 78.9 cm³/mol. The van der Waals surface area contributed by atoms with Crippen LogP contribution in [0.3, 0.4) is 0 Å². The molecule has 0 bridgehead atoms. The monoisotopic (exact) mass is 296 g/mol. The number of nitrogens with two attached hydrogens (primary N) is 1. The van der Waals surface area contributed by atoms with Crippen molar-refractivity contribution in [3.05, 3.63) is 51.1 Å². The van der Waals surface area contributed by atoms with Crippen LogP contribution < -0.4 is 10.5 Å². The van der Waals surface area contributed by atoms with Gasteiger partial charge in [-0.25, -0.2) is 4.98 Å². The molecular weight excluding hydrogens is 283 g/mol. The molecule has 0 unspecified atom stereocenters. The van der Waals surface area contributed by atoms with Gasteiger partial charge in [-0.05, 0) is 49.2 Å². The summed E-state index contributed by atoms with van der Waals surface area (Å²) in [5, 5.41) is 1.24. The topological polar surface area (TPSA) is 48.1 Å². The Kier molecular flexibility index (Phi) is 4.17. The van der Waals surface area contributed by atoms with E-state index in [0.29, 0.717) is 21.6 Å². The molecule has 0 atom stereocenters. The molecule has 2 aromatic rings. The SMILES string of the molecule is Cc1cc(Cl)cc(C)c1OCc1nc(N)ccc1Cl. The lowest BCUT2D eigenvalue weighted by Gasteiger charge is -2.13. The lowest BCUT2D eigenvalue weighted by molar-refractivity contribution is 0.297. The maximum absolute atomic E-state index is 6.05. The number of aromatic nitrogens is 1. The van der Waals surface area contributed by atoms with Gasteiger partial charge in [-0.1, -0.05) is 23.2 Å². The molecule has 0 saturated carbocycles. The van der Waals surface area contributed by atoms with Crippen LogP contribution in [0.25, 0.3) is 0 Å². The predicted octanol–water partition coefficient (Wildman–Crippen LogP) is 4.17. The molecule has 0 saturated heterocycles. The van der Waals surface area contributed by atoms with Crippen molar-refractivity contribution >= 4 is 29.0 Å². The lowest BCUT2D eigenvalue weighted by Crippen LogP contribution is -2.03. The molecular formula is C14H14Cl2N2O. The number of aryl methyl sites for hydroxylation is 2. The van der Waals surface area contributed by atoms with Gasteiger partial charge in [-0.3, -0.25) is 0 Å². The summed E-state index contributed by atoms with van der Waals surface area (Å²) in [5.74, 6) is 1.22. The first-order chi connectivity index (χ1) is 8.97. The van der Waals surface area contributed by atoms with Crippen LogP contribution in [0, 0.1) is 13.8 Å². The number of pyridine rings is 1. The third-order valence-corrected chi connectivity index (χ3v) is 3.28. The Morgan fingerprint density at radius 3 is 2.42 bits per heavy atom. The van der Waals surface area contributed by atoms with E-state index in [4.69, 9.17) is 33.7 Å². The molecule has 1 aromatic heterocycles. The summed E-state index contributed by atoms with van der Waals surface area (Å²) in [6, 6.07) is 7.09. The van der Waals surface area contributed by atoms with Crippen LogP contribution in [0.2, 0.25) is 10.0 Å². The molecule has 0 fully saturated rings. The van der Waals surface area contributed by atoms with Gasteiger partial charge in [0.15, 0.2) is 0 Å². The van der Waals surface area contributed by atoms with E-state index in [0.717, 1.165) is 16.9 Å². The first kappa shape index (κ1) is 14.0. The zero-order valence-corrected chi connectivity index (χ0v) is 12.2. The summed E-state index contributed by atoms with van der Waals surface area (Å²) in [6.45, 7) is 4.17. The number of rotatable bonds is 3. The smallest absolute Gasteiger partial charge is 0.132 e. The van der Waals surface area contributed by atoms with Gasteiger partial charge in [0.2, 0.25) is 0 Å². The Morgan fingerprint density at radius 2 is 1.79 bits per heavy atom. The molecule has 100 valence electrons. The highest BCUT2D eigenvalue weighted by atomic mass is 35.5. The van der Waals surface area contributed by atoms with Crippen LogP contribution in [-0.4, -0.2) is 4.98 Å². The van der Waals surface area contributed by atoms with Gasteiger partial charge >= 0.3 is 0 Å². The first-order valence-electron chi connectivity index (χ1n) is 5.78. The normalized spacial score (nSPS) is 10.5. The van der Waals surface area contributed by atoms with Gasteiger partial charge in [0.05, 0.1) is 10.7 Å². The third kappa shape index (κ3) is 3.31. The maximum atomic E-state index is 6.05. The van der Waals surface area contributed by atoms with Gasteiger partial charge in [-0.2, -0.15) is 0 Å². The Balaban J connectivity index is 2.21. The van der Waals surface area contributed by atoms with E-state index in [2.05, 4.69) is 4.98 Å². The Morgan fingerprint density at radius 1 is 1.16 bits per heavy atom. The van der Waals surface area contributed by atoms with E-state index in [9.17, 15) is 0 Å². The average molecular weight is 297 g/mol. The van der Waals surface area contributed by atoms with Crippen molar-refractivity contribution in [1.82, 2.24) is 4.98 Å². The van der Waals surface area contributed by atoms with E-state index in [1.54, 1.807) is 12.1 Å². The van der Waals surface area contributed by atoms with Crippen molar-refractivity contribution in [3.63, 3.8) is 0 Å². The number of nitrogens with zero attached hydrogens (tertiary/aromatic N) is 1. The Hall–Kier alpha value is -1.45. The van der Waals surface area contributed by atoms with Gasteiger partial charge in [0, 0.05) is 5.02 Å². The fourth-order valence-corrected chi connectivity index (χ4v) is 2.36.